The van der Waals surface area contributed by atoms with Gasteiger partial charge in [0.25, 0.3) is 0 Å². The minimum absolute atomic E-state index is 0.153. The van der Waals surface area contributed by atoms with E-state index in [0.29, 0.717) is 18.7 Å². The molecule has 0 unspecified atom stereocenters. The van der Waals surface area contributed by atoms with Gasteiger partial charge < -0.3 is 5.73 Å². The SMILES string of the molecule is CCCS(=O)(=O)Nc1cccc(CCCN)c1. The third-order valence-electron chi connectivity index (χ3n) is 2.34. The second-order valence-corrected chi connectivity index (χ2v) is 5.86. The van der Waals surface area contributed by atoms with Crippen LogP contribution in [-0.2, 0) is 16.4 Å². The first-order valence-corrected chi connectivity index (χ1v) is 7.52. The summed E-state index contributed by atoms with van der Waals surface area (Å²) in [6, 6.07) is 7.46. The van der Waals surface area contributed by atoms with Crippen molar-refractivity contribution < 1.29 is 8.42 Å². The molecule has 0 spiro atoms. The first-order chi connectivity index (χ1) is 8.07. The van der Waals surface area contributed by atoms with Gasteiger partial charge in [0.1, 0.15) is 0 Å². The van der Waals surface area contributed by atoms with E-state index in [-0.39, 0.29) is 5.75 Å². The number of anilines is 1. The molecule has 0 fully saturated rings. The van der Waals surface area contributed by atoms with Gasteiger partial charge in [-0.3, -0.25) is 4.72 Å². The molecular weight excluding hydrogens is 236 g/mol. The third-order valence-corrected chi connectivity index (χ3v) is 3.84. The van der Waals surface area contributed by atoms with E-state index in [1.807, 2.05) is 25.1 Å². The van der Waals surface area contributed by atoms with Crippen LogP contribution < -0.4 is 10.5 Å². The second-order valence-electron chi connectivity index (χ2n) is 4.01. The number of hydrogen-bond donors (Lipinski definition) is 2. The highest BCUT2D eigenvalue weighted by atomic mass is 32.2. The van der Waals surface area contributed by atoms with Crippen LogP contribution in [0.1, 0.15) is 25.3 Å². The number of nitrogens with one attached hydrogen (secondary N) is 1. The van der Waals surface area contributed by atoms with Crippen molar-refractivity contribution in [3.63, 3.8) is 0 Å². The standard InChI is InChI=1S/C12H20N2O2S/c1-2-9-17(15,16)14-12-7-3-5-11(10-12)6-4-8-13/h3,5,7,10,14H,2,4,6,8-9,13H2,1H3. The first kappa shape index (κ1) is 14.0. The van der Waals surface area contributed by atoms with Gasteiger partial charge in [-0.2, -0.15) is 0 Å². The van der Waals surface area contributed by atoms with E-state index >= 15 is 0 Å². The molecule has 1 aromatic rings. The molecule has 1 aromatic carbocycles. The minimum atomic E-state index is -3.20. The van der Waals surface area contributed by atoms with Crippen molar-refractivity contribution in [2.75, 3.05) is 17.0 Å². The van der Waals surface area contributed by atoms with Crippen molar-refractivity contribution in [3.8, 4) is 0 Å². The van der Waals surface area contributed by atoms with Gasteiger partial charge in [-0.25, -0.2) is 8.42 Å². The Bertz CT molecular complexity index is 444. The molecule has 0 aliphatic carbocycles. The van der Waals surface area contributed by atoms with E-state index < -0.39 is 10.0 Å². The molecule has 3 N–H and O–H groups in total. The van der Waals surface area contributed by atoms with E-state index in [2.05, 4.69) is 4.72 Å². The largest absolute Gasteiger partial charge is 0.330 e. The molecule has 17 heavy (non-hydrogen) atoms. The van der Waals surface area contributed by atoms with Crippen LogP contribution in [0.15, 0.2) is 24.3 Å². The number of aryl methyl sites for hydroxylation is 1. The van der Waals surface area contributed by atoms with Crippen molar-refractivity contribution in [1.29, 1.82) is 0 Å². The van der Waals surface area contributed by atoms with Gasteiger partial charge in [0.2, 0.25) is 10.0 Å². The van der Waals surface area contributed by atoms with Crippen molar-refractivity contribution in [1.82, 2.24) is 0 Å². The summed E-state index contributed by atoms with van der Waals surface area (Å²) in [5, 5.41) is 0. The highest BCUT2D eigenvalue weighted by Crippen LogP contribution is 2.14. The molecular formula is C12H20N2O2S. The van der Waals surface area contributed by atoms with Gasteiger partial charge in [0.15, 0.2) is 0 Å². The Balaban J connectivity index is 2.71. The van der Waals surface area contributed by atoms with Crippen LogP contribution >= 0.6 is 0 Å². The zero-order chi connectivity index (χ0) is 12.7. The molecule has 0 bridgehead atoms. The van der Waals surface area contributed by atoms with Crippen LogP contribution in [0.2, 0.25) is 0 Å². The normalized spacial score (nSPS) is 11.4. The molecule has 0 radical (unpaired) electrons. The van der Waals surface area contributed by atoms with Crippen LogP contribution in [0.4, 0.5) is 5.69 Å². The van der Waals surface area contributed by atoms with Crippen molar-refractivity contribution in [3.05, 3.63) is 29.8 Å². The zero-order valence-electron chi connectivity index (χ0n) is 10.1. The predicted molar refractivity (Wildman–Crippen MR) is 71.5 cm³/mol. The summed E-state index contributed by atoms with van der Waals surface area (Å²) in [4.78, 5) is 0. The summed E-state index contributed by atoms with van der Waals surface area (Å²) in [6.45, 7) is 2.49. The van der Waals surface area contributed by atoms with Crippen molar-refractivity contribution >= 4 is 15.7 Å². The van der Waals surface area contributed by atoms with Crippen molar-refractivity contribution in [2.24, 2.45) is 5.73 Å². The van der Waals surface area contributed by atoms with Gasteiger partial charge in [0, 0.05) is 5.69 Å². The van der Waals surface area contributed by atoms with Crippen molar-refractivity contribution in [2.45, 2.75) is 26.2 Å². The molecule has 0 saturated heterocycles. The van der Waals surface area contributed by atoms with Crippen LogP contribution in [0.5, 0.6) is 0 Å². The topological polar surface area (TPSA) is 72.2 Å². The van der Waals surface area contributed by atoms with Gasteiger partial charge in [-0.05, 0) is 43.5 Å². The average molecular weight is 256 g/mol. The van der Waals surface area contributed by atoms with E-state index in [4.69, 9.17) is 5.73 Å². The van der Waals surface area contributed by atoms with E-state index in [9.17, 15) is 8.42 Å². The summed E-state index contributed by atoms with van der Waals surface area (Å²) in [7, 11) is -3.20. The molecule has 4 nitrogen and oxygen atoms in total. The second kappa shape index (κ2) is 6.61. The summed E-state index contributed by atoms with van der Waals surface area (Å²) < 4.78 is 25.8. The monoisotopic (exact) mass is 256 g/mol. The maximum absolute atomic E-state index is 11.6. The van der Waals surface area contributed by atoms with Crippen LogP contribution in [0, 0.1) is 0 Å². The van der Waals surface area contributed by atoms with Gasteiger partial charge in [-0.1, -0.05) is 19.1 Å². The highest BCUT2D eigenvalue weighted by Gasteiger charge is 2.08. The molecule has 96 valence electrons. The number of rotatable bonds is 7. The number of benzene rings is 1. The highest BCUT2D eigenvalue weighted by molar-refractivity contribution is 7.92. The summed E-state index contributed by atoms with van der Waals surface area (Å²) in [6.07, 6.45) is 2.40. The third kappa shape index (κ3) is 5.19. The molecule has 1 rings (SSSR count). The zero-order valence-corrected chi connectivity index (χ0v) is 11.0. The quantitative estimate of drug-likeness (QED) is 0.780. The Morgan fingerprint density at radius 2 is 2.12 bits per heavy atom. The lowest BCUT2D eigenvalue weighted by molar-refractivity contribution is 0.600. The molecule has 0 aliphatic rings. The Hall–Kier alpha value is -1.07. The molecule has 0 aliphatic heterocycles. The average Bonchev–Trinajstić information content (AvgIpc) is 2.26. The van der Waals surface area contributed by atoms with E-state index in [1.165, 1.54) is 0 Å². The van der Waals surface area contributed by atoms with Crippen LogP contribution in [0.25, 0.3) is 0 Å². The molecule has 5 heteroatoms. The maximum Gasteiger partial charge on any atom is 0.232 e. The fourth-order valence-corrected chi connectivity index (χ4v) is 2.72. The Morgan fingerprint density at radius 1 is 1.35 bits per heavy atom. The molecule has 0 heterocycles. The number of nitrogens with two attached hydrogens (primary N) is 1. The van der Waals surface area contributed by atoms with Gasteiger partial charge >= 0.3 is 0 Å². The number of hydrogen-bond acceptors (Lipinski definition) is 3. The Labute approximate surface area is 103 Å². The molecule has 0 atom stereocenters. The van der Waals surface area contributed by atoms with Crippen LogP contribution in [0.3, 0.4) is 0 Å². The molecule has 0 saturated carbocycles. The Morgan fingerprint density at radius 3 is 2.76 bits per heavy atom. The maximum atomic E-state index is 11.6. The Kier molecular flexibility index (Phi) is 5.44. The lowest BCUT2D eigenvalue weighted by Crippen LogP contribution is -2.16. The summed E-state index contributed by atoms with van der Waals surface area (Å²) >= 11 is 0. The number of sulfonamides is 1. The van der Waals surface area contributed by atoms with Gasteiger partial charge in [0.05, 0.1) is 5.75 Å². The minimum Gasteiger partial charge on any atom is -0.330 e. The fraction of sp³-hybridized carbons (Fsp3) is 0.500. The lowest BCUT2D eigenvalue weighted by Gasteiger charge is -2.08. The summed E-state index contributed by atoms with van der Waals surface area (Å²) in [5.74, 6) is 0.153. The van der Waals surface area contributed by atoms with E-state index in [0.717, 1.165) is 18.4 Å². The first-order valence-electron chi connectivity index (χ1n) is 5.87. The van der Waals surface area contributed by atoms with Gasteiger partial charge in [-0.15, -0.1) is 0 Å². The fourth-order valence-electron chi connectivity index (χ4n) is 1.60. The predicted octanol–water partition coefficient (Wildman–Crippen LogP) is 1.73. The molecule has 0 amide bonds. The molecule has 0 aromatic heterocycles. The van der Waals surface area contributed by atoms with Crippen LogP contribution in [-0.4, -0.2) is 20.7 Å². The van der Waals surface area contributed by atoms with E-state index in [1.54, 1.807) is 6.07 Å². The lowest BCUT2D eigenvalue weighted by atomic mass is 10.1. The smallest absolute Gasteiger partial charge is 0.232 e. The summed E-state index contributed by atoms with van der Waals surface area (Å²) in [5.41, 5.74) is 7.18.